The van der Waals surface area contributed by atoms with E-state index in [0.717, 1.165) is 16.9 Å². The van der Waals surface area contributed by atoms with Gasteiger partial charge in [-0.2, -0.15) is 0 Å². The van der Waals surface area contributed by atoms with Gasteiger partial charge in [-0.25, -0.2) is 0 Å². The van der Waals surface area contributed by atoms with Gasteiger partial charge in [-0.1, -0.05) is 12.1 Å². The maximum Gasteiger partial charge on any atom is 0.250 e. The highest BCUT2D eigenvalue weighted by Gasteiger charge is 2.11. The number of anilines is 1. The third-order valence-corrected chi connectivity index (χ3v) is 3.64. The summed E-state index contributed by atoms with van der Waals surface area (Å²) in [6, 6.07) is 11.1. The Bertz CT molecular complexity index is 730. The first kappa shape index (κ1) is 18.6. The van der Waals surface area contributed by atoms with Crippen molar-refractivity contribution in [3.05, 3.63) is 47.5 Å². The standard InChI is InChI=1S/C19H23NO5/c1-13-8-17(23-3)18(24-4)10-16(13)20-19(21)12-25-11-14-6-5-7-15(9-14)22-2/h5-10H,11-12H2,1-4H3,(H,20,21). The lowest BCUT2D eigenvalue weighted by Gasteiger charge is -2.13. The van der Waals surface area contributed by atoms with Gasteiger partial charge in [0.2, 0.25) is 5.91 Å². The molecule has 0 aliphatic carbocycles. The SMILES string of the molecule is COc1cccc(COCC(=O)Nc2cc(OC)c(OC)cc2C)c1. The Morgan fingerprint density at radius 2 is 1.72 bits per heavy atom. The molecule has 2 rings (SSSR count). The Kier molecular flexibility index (Phi) is 6.65. The Labute approximate surface area is 147 Å². The van der Waals surface area contributed by atoms with E-state index in [0.29, 0.717) is 23.8 Å². The largest absolute Gasteiger partial charge is 0.497 e. The van der Waals surface area contributed by atoms with Gasteiger partial charge in [0, 0.05) is 11.8 Å². The number of ether oxygens (including phenoxy) is 4. The number of amides is 1. The lowest BCUT2D eigenvalue weighted by molar-refractivity contribution is -0.121. The molecule has 0 heterocycles. The fourth-order valence-electron chi connectivity index (χ4n) is 2.33. The monoisotopic (exact) mass is 345 g/mol. The van der Waals surface area contributed by atoms with Crippen molar-refractivity contribution in [3.8, 4) is 17.2 Å². The average Bonchev–Trinajstić information content (AvgIpc) is 2.63. The van der Waals surface area contributed by atoms with E-state index in [2.05, 4.69) is 5.32 Å². The lowest BCUT2D eigenvalue weighted by atomic mass is 10.1. The second-order valence-electron chi connectivity index (χ2n) is 5.41. The van der Waals surface area contributed by atoms with Gasteiger partial charge in [-0.15, -0.1) is 0 Å². The van der Waals surface area contributed by atoms with E-state index in [9.17, 15) is 4.79 Å². The van der Waals surface area contributed by atoms with Crippen LogP contribution in [0.1, 0.15) is 11.1 Å². The van der Waals surface area contributed by atoms with Crippen LogP contribution in [0.25, 0.3) is 0 Å². The molecule has 0 saturated carbocycles. The number of nitrogens with one attached hydrogen (secondary N) is 1. The fourth-order valence-corrected chi connectivity index (χ4v) is 2.33. The summed E-state index contributed by atoms with van der Waals surface area (Å²) in [4.78, 5) is 12.1. The molecule has 1 N–H and O–H groups in total. The first-order chi connectivity index (χ1) is 12.1. The summed E-state index contributed by atoms with van der Waals surface area (Å²) >= 11 is 0. The van der Waals surface area contributed by atoms with Crippen molar-refractivity contribution in [1.29, 1.82) is 0 Å². The Morgan fingerprint density at radius 3 is 2.40 bits per heavy atom. The van der Waals surface area contributed by atoms with Crippen molar-refractivity contribution in [3.63, 3.8) is 0 Å². The third-order valence-electron chi connectivity index (χ3n) is 3.64. The lowest BCUT2D eigenvalue weighted by Crippen LogP contribution is -2.19. The smallest absolute Gasteiger partial charge is 0.250 e. The molecule has 0 atom stereocenters. The zero-order chi connectivity index (χ0) is 18.2. The first-order valence-corrected chi connectivity index (χ1v) is 7.80. The predicted octanol–water partition coefficient (Wildman–Crippen LogP) is 3.18. The van der Waals surface area contributed by atoms with Crippen LogP contribution in [0.4, 0.5) is 5.69 Å². The molecule has 6 heteroatoms. The van der Waals surface area contributed by atoms with Gasteiger partial charge in [-0.05, 0) is 36.2 Å². The summed E-state index contributed by atoms with van der Waals surface area (Å²) in [5.41, 5.74) is 2.47. The summed E-state index contributed by atoms with van der Waals surface area (Å²) in [7, 11) is 4.73. The average molecular weight is 345 g/mol. The zero-order valence-electron chi connectivity index (χ0n) is 14.9. The van der Waals surface area contributed by atoms with Gasteiger partial charge in [0.1, 0.15) is 12.4 Å². The molecule has 0 aliphatic rings. The molecule has 2 aromatic carbocycles. The highest BCUT2D eigenvalue weighted by atomic mass is 16.5. The van der Waals surface area contributed by atoms with Crippen LogP contribution in [-0.2, 0) is 16.1 Å². The Balaban J connectivity index is 1.91. The van der Waals surface area contributed by atoms with Crippen LogP contribution >= 0.6 is 0 Å². The van der Waals surface area contributed by atoms with E-state index in [1.165, 1.54) is 0 Å². The van der Waals surface area contributed by atoms with Crippen molar-refractivity contribution in [1.82, 2.24) is 0 Å². The topological polar surface area (TPSA) is 66.0 Å². The van der Waals surface area contributed by atoms with E-state index in [4.69, 9.17) is 18.9 Å². The summed E-state index contributed by atoms with van der Waals surface area (Å²) in [5.74, 6) is 1.69. The fraction of sp³-hybridized carbons (Fsp3) is 0.316. The molecule has 25 heavy (non-hydrogen) atoms. The minimum Gasteiger partial charge on any atom is -0.497 e. The van der Waals surface area contributed by atoms with Crippen LogP contribution in [0, 0.1) is 6.92 Å². The van der Waals surface area contributed by atoms with Crippen molar-refractivity contribution in [2.75, 3.05) is 33.3 Å². The number of hydrogen-bond donors (Lipinski definition) is 1. The number of carbonyl (C=O) groups excluding carboxylic acids is 1. The van der Waals surface area contributed by atoms with Crippen LogP contribution in [0.2, 0.25) is 0 Å². The summed E-state index contributed by atoms with van der Waals surface area (Å²) < 4.78 is 21.1. The Morgan fingerprint density at radius 1 is 1.00 bits per heavy atom. The van der Waals surface area contributed by atoms with E-state index >= 15 is 0 Å². The number of carbonyl (C=O) groups is 1. The van der Waals surface area contributed by atoms with E-state index in [-0.39, 0.29) is 12.5 Å². The molecule has 0 aliphatic heterocycles. The molecular weight excluding hydrogens is 322 g/mol. The van der Waals surface area contributed by atoms with Gasteiger partial charge in [0.05, 0.1) is 27.9 Å². The molecule has 0 bridgehead atoms. The molecule has 1 amide bonds. The number of hydrogen-bond acceptors (Lipinski definition) is 5. The highest BCUT2D eigenvalue weighted by molar-refractivity contribution is 5.92. The molecule has 0 spiro atoms. The van der Waals surface area contributed by atoms with Gasteiger partial charge < -0.3 is 24.3 Å². The zero-order valence-corrected chi connectivity index (χ0v) is 14.9. The normalized spacial score (nSPS) is 10.2. The summed E-state index contributed by atoms with van der Waals surface area (Å²) in [6.07, 6.45) is 0. The first-order valence-electron chi connectivity index (χ1n) is 7.80. The van der Waals surface area contributed by atoms with E-state index < -0.39 is 0 Å². The second-order valence-corrected chi connectivity index (χ2v) is 5.41. The summed E-state index contributed by atoms with van der Waals surface area (Å²) in [6.45, 7) is 2.16. The third kappa shape index (κ3) is 5.12. The number of rotatable bonds is 8. The molecule has 0 unspecified atom stereocenters. The molecule has 2 aromatic rings. The molecule has 0 radical (unpaired) electrons. The van der Waals surface area contributed by atoms with Crippen LogP contribution in [0.5, 0.6) is 17.2 Å². The molecule has 134 valence electrons. The number of aryl methyl sites for hydroxylation is 1. The van der Waals surface area contributed by atoms with Crippen LogP contribution in [0.15, 0.2) is 36.4 Å². The molecule has 0 aromatic heterocycles. The van der Waals surface area contributed by atoms with Crippen molar-refractivity contribution in [2.24, 2.45) is 0 Å². The molecule has 0 fully saturated rings. The second kappa shape index (κ2) is 8.94. The van der Waals surface area contributed by atoms with Gasteiger partial charge in [0.25, 0.3) is 0 Å². The number of benzene rings is 2. The van der Waals surface area contributed by atoms with Crippen LogP contribution in [0.3, 0.4) is 0 Å². The van der Waals surface area contributed by atoms with Gasteiger partial charge in [0.15, 0.2) is 11.5 Å². The van der Waals surface area contributed by atoms with E-state index in [1.54, 1.807) is 27.4 Å². The van der Waals surface area contributed by atoms with Crippen molar-refractivity contribution < 1.29 is 23.7 Å². The van der Waals surface area contributed by atoms with Gasteiger partial charge in [-0.3, -0.25) is 4.79 Å². The molecular formula is C19H23NO5. The van der Waals surface area contributed by atoms with E-state index in [1.807, 2.05) is 37.3 Å². The predicted molar refractivity (Wildman–Crippen MR) is 95.6 cm³/mol. The minimum absolute atomic E-state index is 0.0506. The highest BCUT2D eigenvalue weighted by Crippen LogP contribution is 2.32. The quantitative estimate of drug-likeness (QED) is 0.796. The van der Waals surface area contributed by atoms with Crippen molar-refractivity contribution >= 4 is 11.6 Å². The Hall–Kier alpha value is -2.73. The molecule has 6 nitrogen and oxygen atoms in total. The maximum atomic E-state index is 12.1. The minimum atomic E-state index is -0.238. The maximum absolute atomic E-state index is 12.1. The number of methoxy groups -OCH3 is 3. The molecule has 0 saturated heterocycles. The van der Waals surface area contributed by atoms with Crippen LogP contribution in [-0.4, -0.2) is 33.8 Å². The van der Waals surface area contributed by atoms with Crippen molar-refractivity contribution in [2.45, 2.75) is 13.5 Å². The summed E-state index contributed by atoms with van der Waals surface area (Å²) in [5, 5.41) is 2.82. The van der Waals surface area contributed by atoms with Gasteiger partial charge >= 0.3 is 0 Å². The van der Waals surface area contributed by atoms with Crippen LogP contribution < -0.4 is 19.5 Å².